The maximum Gasteiger partial charge on any atom is 0.138 e. The van der Waals surface area contributed by atoms with Gasteiger partial charge in [0.2, 0.25) is 0 Å². The molecular weight excluding hydrogens is 276 g/mol. The van der Waals surface area contributed by atoms with Crippen molar-refractivity contribution in [1.29, 1.82) is 0 Å². The molecule has 1 N–H and O–H groups in total. The topological polar surface area (TPSA) is 50.7 Å². The van der Waals surface area contributed by atoms with Crippen molar-refractivity contribution in [3.05, 3.63) is 34.4 Å². The molecule has 0 radical (unpaired) electrons. The Morgan fingerprint density at radius 2 is 2.26 bits per heavy atom. The van der Waals surface area contributed by atoms with Gasteiger partial charge in [0, 0.05) is 18.3 Å². The molecule has 3 rings (SSSR count). The summed E-state index contributed by atoms with van der Waals surface area (Å²) in [4.78, 5) is 13.6. The Hall–Kier alpha value is -1.97. The number of nitrogens with zero attached hydrogens (tertiary/aromatic N) is 3. The van der Waals surface area contributed by atoms with E-state index in [1.807, 2.05) is 16.8 Å². The molecule has 3 aromatic rings. The average Bonchev–Trinajstić information content (AvgIpc) is 3.09. The predicted molar refractivity (Wildman–Crippen MR) is 79.5 cm³/mol. The minimum atomic E-state index is 0.757. The number of aromatic nitrogens is 3. The molecule has 4 nitrogen and oxygen atoms in total. The zero-order chi connectivity index (χ0) is 12.9. The number of fused-ring (bicyclic) bond motifs is 1. The monoisotopic (exact) mass is 286 g/mol. The van der Waals surface area contributed by atoms with Crippen LogP contribution in [-0.2, 0) is 0 Å². The van der Waals surface area contributed by atoms with Crippen LogP contribution in [-0.4, -0.2) is 21.5 Å². The van der Waals surface area contributed by atoms with Gasteiger partial charge in [-0.05, 0) is 17.4 Å². The zero-order valence-electron chi connectivity index (χ0n) is 9.96. The van der Waals surface area contributed by atoms with Crippen LogP contribution in [0.15, 0.2) is 28.7 Å². The van der Waals surface area contributed by atoms with E-state index in [0.717, 1.165) is 34.7 Å². The Morgan fingerprint density at radius 1 is 1.26 bits per heavy atom. The van der Waals surface area contributed by atoms with E-state index >= 15 is 0 Å². The normalized spacial score (nSPS) is 10.1. The van der Waals surface area contributed by atoms with E-state index in [-0.39, 0.29) is 0 Å². The van der Waals surface area contributed by atoms with E-state index in [9.17, 15) is 0 Å². The standard InChI is InChI=1S/C13H10N4S2/c1(3-10-7-18-9-17-10)2-5-14-12-11-4-6-19-13(11)16-8-15-12/h4,6-9H,2,5H2,(H,14,15,16). The third-order valence-electron chi connectivity index (χ3n) is 2.45. The van der Waals surface area contributed by atoms with Gasteiger partial charge in [-0.15, -0.1) is 22.7 Å². The van der Waals surface area contributed by atoms with Gasteiger partial charge < -0.3 is 5.32 Å². The molecule has 0 saturated carbocycles. The SMILES string of the molecule is C(#Cc1cscn1)CCNc1ncnc2sccc12. The number of hydrogen-bond donors (Lipinski definition) is 1. The molecule has 0 aliphatic rings. The van der Waals surface area contributed by atoms with Crippen molar-refractivity contribution < 1.29 is 0 Å². The van der Waals surface area contributed by atoms with E-state index in [0.29, 0.717) is 0 Å². The van der Waals surface area contributed by atoms with Gasteiger partial charge >= 0.3 is 0 Å². The highest BCUT2D eigenvalue weighted by molar-refractivity contribution is 7.16. The summed E-state index contributed by atoms with van der Waals surface area (Å²) in [6.07, 6.45) is 2.34. The largest absolute Gasteiger partial charge is 0.368 e. The predicted octanol–water partition coefficient (Wildman–Crippen LogP) is 3.00. The van der Waals surface area contributed by atoms with Gasteiger partial charge in [-0.2, -0.15) is 0 Å². The summed E-state index contributed by atoms with van der Waals surface area (Å²) in [5, 5.41) is 8.32. The van der Waals surface area contributed by atoms with Gasteiger partial charge in [-0.1, -0.05) is 5.92 Å². The number of rotatable bonds is 3. The minimum absolute atomic E-state index is 0.757. The van der Waals surface area contributed by atoms with Gasteiger partial charge in [0.25, 0.3) is 0 Å². The molecule has 3 aromatic heterocycles. The highest BCUT2D eigenvalue weighted by atomic mass is 32.1. The molecule has 0 aromatic carbocycles. The summed E-state index contributed by atoms with van der Waals surface area (Å²) < 4.78 is 0. The maximum absolute atomic E-state index is 4.25. The molecule has 6 heteroatoms. The fraction of sp³-hybridized carbons (Fsp3) is 0.154. The number of thiophene rings is 1. The lowest BCUT2D eigenvalue weighted by Crippen LogP contribution is -2.02. The second-order valence-corrected chi connectivity index (χ2v) is 5.33. The van der Waals surface area contributed by atoms with Crippen LogP contribution in [0.25, 0.3) is 10.2 Å². The molecular formula is C13H10N4S2. The molecule has 0 saturated heterocycles. The lowest BCUT2D eigenvalue weighted by Gasteiger charge is -2.03. The fourth-order valence-electron chi connectivity index (χ4n) is 1.60. The van der Waals surface area contributed by atoms with E-state index in [2.05, 4.69) is 32.1 Å². The number of nitrogens with one attached hydrogen (secondary N) is 1. The number of hydrogen-bond acceptors (Lipinski definition) is 6. The average molecular weight is 286 g/mol. The lowest BCUT2D eigenvalue weighted by molar-refractivity contribution is 1.07. The van der Waals surface area contributed by atoms with Crippen LogP contribution >= 0.6 is 22.7 Å². The molecule has 0 atom stereocenters. The first-order chi connectivity index (χ1) is 9.43. The molecule has 19 heavy (non-hydrogen) atoms. The van der Waals surface area contributed by atoms with E-state index in [4.69, 9.17) is 0 Å². The molecule has 0 amide bonds. The number of anilines is 1. The van der Waals surface area contributed by atoms with Crippen LogP contribution < -0.4 is 5.32 Å². The summed E-state index contributed by atoms with van der Waals surface area (Å²) in [5.41, 5.74) is 2.63. The van der Waals surface area contributed by atoms with Crippen molar-refractivity contribution in [3.63, 3.8) is 0 Å². The van der Waals surface area contributed by atoms with Crippen LogP contribution in [0.3, 0.4) is 0 Å². The van der Waals surface area contributed by atoms with Crippen LogP contribution in [0.5, 0.6) is 0 Å². The Kier molecular flexibility index (Phi) is 3.68. The first-order valence-corrected chi connectivity index (χ1v) is 7.55. The Balaban J connectivity index is 1.59. The van der Waals surface area contributed by atoms with Gasteiger partial charge in [0.15, 0.2) is 0 Å². The van der Waals surface area contributed by atoms with E-state index in [1.54, 1.807) is 34.5 Å². The number of thiazole rings is 1. The minimum Gasteiger partial charge on any atom is -0.368 e. The molecule has 0 fully saturated rings. The lowest BCUT2D eigenvalue weighted by atomic mass is 10.3. The van der Waals surface area contributed by atoms with Crippen molar-refractivity contribution in [3.8, 4) is 11.8 Å². The molecule has 0 aliphatic heterocycles. The van der Waals surface area contributed by atoms with Crippen LogP contribution in [0.4, 0.5) is 5.82 Å². The molecule has 3 heterocycles. The van der Waals surface area contributed by atoms with Crippen molar-refractivity contribution in [1.82, 2.24) is 15.0 Å². The molecule has 0 bridgehead atoms. The van der Waals surface area contributed by atoms with Crippen molar-refractivity contribution in [2.24, 2.45) is 0 Å². The molecule has 0 aliphatic carbocycles. The highest BCUT2D eigenvalue weighted by Crippen LogP contribution is 2.23. The third kappa shape index (κ3) is 2.89. The highest BCUT2D eigenvalue weighted by Gasteiger charge is 2.02. The van der Waals surface area contributed by atoms with Crippen LogP contribution in [0.2, 0.25) is 0 Å². The van der Waals surface area contributed by atoms with Gasteiger partial charge in [0.1, 0.15) is 22.7 Å². The summed E-state index contributed by atoms with van der Waals surface area (Å²) in [7, 11) is 0. The van der Waals surface area contributed by atoms with Gasteiger partial charge in [0.05, 0.1) is 10.9 Å². The Morgan fingerprint density at radius 3 is 3.16 bits per heavy atom. The first kappa shape index (κ1) is 12.1. The van der Waals surface area contributed by atoms with Crippen molar-refractivity contribution >= 4 is 38.7 Å². The third-order valence-corrected chi connectivity index (χ3v) is 3.86. The van der Waals surface area contributed by atoms with Crippen LogP contribution in [0.1, 0.15) is 12.1 Å². The first-order valence-electron chi connectivity index (χ1n) is 5.72. The molecule has 94 valence electrons. The second kappa shape index (κ2) is 5.78. The smallest absolute Gasteiger partial charge is 0.138 e. The van der Waals surface area contributed by atoms with Gasteiger partial charge in [-0.3, -0.25) is 0 Å². The Labute approximate surface area is 118 Å². The maximum atomic E-state index is 4.25. The summed E-state index contributed by atoms with van der Waals surface area (Å²) in [5.74, 6) is 6.99. The van der Waals surface area contributed by atoms with Crippen molar-refractivity contribution in [2.45, 2.75) is 6.42 Å². The summed E-state index contributed by atoms with van der Waals surface area (Å²) in [6, 6.07) is 2.03. The quantitative estimate of drug-likeness (QED) is 0.594. The molecule has 0 spiro atoms. The van der Waals surface area contributed by atoms with E-state index < -0.39 is 0 Å². The molecule has 0 unspecified atom stereocenters. The van der Waals surface area contributed by atoms with Gasteiger partial charge in [-0.25, -0.2) is 15.0 Å². The zero-order valence-corrected chi connectivity index (χ0v) is 11.6. The fourth-order valence-corrected chi connectivity index (χ4v) is 2.82. The van der Waals surface area contributed by atoms with E-state index in [1.165, 1.54) is 0 Å². The summed E-state index contributed by atoms with van der Waals surface area (Å²) >= 11 is 3.17. The second-order valence-electron chi connectivity index (χ2n) is 3.71. The summed E-state index contributed by atoms with van der Waals surface area (Å²) in [6.45, 7) is 0.763. The van der Waals surface area contributed by atoms with Crippen molar-refractivity contribution in [2.75, 3.05) is 11.9 Å². The van der Waals surface area contributed by atoms with Crippen LogP contribution in [0, 0.1) is 11.8 Å². The Bertz CT molecular complexity index is 722.